The summed E-state index contributed by atoms with van der Waals surface area (Å²) in [6.45, 7) is 8.19. The molecule has 6 saturated carbocycles. The molecule has 0 amide bonds. The average molecular weight is 369 g/mol. The van der Waals surface area contributed by atoms with Crippen LogP contribution < -0.4 is 0 Å². The lowest BCUT2D eigenvalue weighted by Crippen LogP contribution is -2.52. The van der Waals surface area contributed by atoms with E-state index in [4.69, 9.17) is 0 Å². The normalized spacial score (nSPS) is 57.7. The Labute approximate surface area is 168 Å². The van der Waals surface area contributed by atoms with Gasteiger partial charge in [0.1, 0.15) is 0 Å². The predicted molar refractivity (Wildman–Crippen MR) is 113 cm³/mol. The summed E-state index contributed by atoms with van der Waals surface area (Å²) in [7, 11) is 0. The Balaban J connectivity index is 1.37. The van der Waals surface area contributed by atoms with Crippen molar-refractivity contribution in [2.75, 3.05) is 0 Å². The zero-order valence-electron chi connectivity index (χ0n) is 18.4. The van der Waals surface area contributed by atoms with E-state index in [1.807, 2.05) is 0 Å². The Morgan fingerprint density at radius 3 is 1.93 bits per heavy atom. The fourth-order valence-electron chi connectivity index (χ4n) is 11.5. The van der Waals surface area contributed by atoms with Crippen molar-refractivity contribution in [1.29, 1.82) is 0 Å². The van der Waals surface area contributed by atoms with Gasteiger partial charge in [-0.2, -0.15) is 0 Å². The molecule has 27 heavy (non-hydrogen) atoms. The van der Waals surface area contributed by atoms with E-state index in [9.17, 15) is 0 Å². The van der Waals surface area contributed by atoms with Gasteiger partial charge in [0.05, 0.1) is 0 Å². The van der Waals surface area contributed by atoms with Crippen molar-refractivity contribution in [2.45, 2.75) is 104 Å². The maximum atomic E-state index is 2.81. The summed E-state index contributed by atoms with van der Waals surface area (Å²) in [6, 6.07) is 0. The third kappa shape index (κ3) is 2.23. The molecule has 6 aliphatic rings. The van der Waals surface area contributed by atoms with Crippen molar-refractivity contribution in [3.8, 4) is 0 Å². The fourth-order valence-corrected chi connectivity index (χ4v) is 11.5. The summed E-state index contributed by atoms with van der Waals surface area (Å²) in [5.74, 6) is 9.73. The van der Waals surface area contributed by atoms with Crippen molar-refractivity contribution in [3.05, 3.63) is 0 Å². The van der Waals surface area contributed by atoms with E-state index < -0.39 is 0 Å². The molecule has 0 heteroatoms. The van der Waals surface area contributed by atoms with Crippen LogP contribution in [0.15, 0.2) is 0 Å². The van der Waals surface area contributed by atoms with Gasteiger partial charge < -0.3 is 0 Å². The van der Waals surface area contributed by atoms with Gasteiger partial charge in [-0.15, -0.1) is 0 Å². The number of rotatable bonds is 5. The summed E-state index contributed by atoms with van der Waals surface area (Å²) >= 11 is 0. The predicted octanol–water partition coefficient (Wildman–Crippen LogP) is 7.72. The molecule has 0 spiro atoms. The smallest absolute Gasteiger partial charge is 0.0207 e. The van der Waals surface area contributed by atoms with Crippen LogP contribution in [-0.2, 0) is 0 Å². The lowest BCUT2D eigenvalue weighted by Gasteiger charge is -2.58. The highest BCUT2D eigenvalue weighted by Gasteiger charge is 2.65. The molecule has 0 saturated heterocycles. The molecule has 6 aliphatic carbocycles. The molecule has 6 bridgehead atoms. The second-order valence-corrected chi connectivity index (χ2v) is 12.7. The van der Waals surface area contributed by atoms with Crippen LogP contribution in [0.2, 0.25) is 0 Å². The molecule has 0 aromatic carbocycles. The molecule has 0 nitrogen and oxygen atoms in total. The Kier molecular flexibility index (Phi) is 3.97. The molecule has 0 aliphatic heterocycles. The molecule has 0 radical (unpaired) electrons. The Morgan fingerprint density at radius 2 is 1.44 bits per heavy atom. The second-order valence-electron chi connectivity index (χ2n) is 12.7. The van der Waals surface area contributed by atoms with Crippen molar-refractivity contribution in [3.63, 3.8) is 0 Å². The van der Waals surface area contributed by atoms with Crippen LogP contribution in [0, 0.1) is 64.1 Å². The van der Waals surface area contributed by atoms with Crippen LogP contribution in [0.4, 0.5) is 0 Å². The summed E-state index contributed by atoms with van der Waals surface area (Å²) in [5, 5.41) is 0. The van der Waals surface area contributed by atoms with Crippen LogP contribution in [0.1, 0.15) is 104 Å². The molecule has 11 atom stereocenters. The first-order valence-electron chi connectivity index (χ1n) is 13.1. The van der Waals surface area contributed by atoms with Gasteiger partial charge in [-0.05, 0) is 128 Å². The minimum atomic E-state index is 0.721. The molecule has 0 aromatic rings. The van der Waals surface area contributed by atoms with E-state index in [0.29, 0.717) is 0 Å². The Morgan fingerprint density at radius 1 is 0.741 bits per heavy atom. The van der Waals surface area contributed by atoms with Gasteiger partial charge in [-0.1, -0.05) is 40.0 Å². The number of fused-ring (bicyclic) bond motifs is 6. The first-order valence-corrected chi connectivity index (χ1v) is 13.1. The zero-order valence-corrected chi connectivity index (χ0v) is 18.4. The van der Waals surface area contributed by atoms with E-state index in [1.54, 1.807) is 77.0 Å². The molecule has 11 unspecified atom stereocenters. The molecule has 0 N–H and O–H groups in total. The van der Waals surface area contributed by atoms with Crippen molar-refractivity contribution in [2.24, 2.45) is 64.1 Å². The number of hydrogen-bond donors (Lipinski definition) is 0. The van der Waals surface area contributed by atoms with Gasteiger partial charge in [0.2, 0.25) is 0 Å². The topological polar surface area (TPSA) is 0 Å². The average Bonchev–Trinajstić information content (AvgIpc) is 3.52. The van der Waals surface area contributed by atoms with E-state index in [1.165, 1.54) is 6.42 Å². The maximum Gasteiger partial charge on any atom is -0.0207 e. The molecular formula is C27H44. The van der Waals surface area contributed by atoms with Crippen LogP contribution in [0.3, 0.4) is 0 Å². The third-order valence-corrected chi connectivity index (χ3v) is 12.6. The third-order valence-electron chi connectivity index (χ3n) is 12.6. The Bertz CT molecular complexity index is 593. The molecular weight excluding hydrogens is 324 g/mol. The summed E-state index contributed by atoms with van der Waals surface area (Å²) in [4.78, 5) is 0. The van der Waals surface area contributed by atoms with E-state index >= 15 is 0 Å². The standard InChI is InChI=1S/C27H44/c1-4-26(15-20-6-9-23(26)12-20)18(3)27(16-21-7-10-24(27)13-21)17(2)25-14-19-5-8-22(25)11-19/h17-25H,4-16H2,1-3H3. The lowest BCUT2D eigenvalue weighted by atomic mass is 9.47. The number of hydrogen-bond acceptors (Lipinski definition) is 0. The van der Waals surface area contributed by atoms with Gasteiger partial charge in [-0.25, -0.2) is 0 Å². The highest BCUT2D eigenvalue weighted by molar-refractivity contribution is 5.14. The van der Waals surface area contributed by atoms with Gasteiger partial charge >= 0.3 is 0 Å². The first-order chi connectivity index (χ1) is 13.1. The second kappa shape index (κ2) is 6.01. The quantitative estimate of drug-likeness (QED) is 0.466. The lowest BCUT2D eigenvalue weighted by molar-refractivity contribution is -0.0978. The van der Waals surface area contributed by atoms with E-state index in [0.717, 1.165) is 64.1 Å². The molecule has 6 rings (SSSR count). The summed E-state index contributed by atoms with van der Waals surface area (Å²) in [6.07, 6.45) is 20.6. The Hall–Kier alpha value is 0. The van der Waals surface area contributed by atoms with Gasteiger partial charge in [-0.3, -0.25) is 0 Å². The van der Waals surface area contributed by atoms with Crippen molar-refractivity contribution >= 4 is 0 Å². The fraction of sp³-hybridized carbons (Fsp3) is 1.00. The minimum Gasteiger partial charge on any atom is -0.0648 e. The first kappa shape index (κ1) is 17.8. The zero-order chi connectivity index (χ0) is 18.4. The van der Waals surface area contributed by atoms with Crippen LogP contribution >= 0.6 is 0 Å². The van der Waals surface area contributed by atoms with Crippen LogP contribution in [-0.4, -0.2) is 0 Å². The maximum absolute atomic E-state index is 2.81. The SMILES string of the molecule is CCC1(C(C)C2(C(C)C3CC4CCC3C4)CC3CCC2C3)CC2CCC1C2. The highest BCUT2D eigenvalue weighted by Crippen LogP contribution is 2.73. The minimum absolute atomic E-state index is 0.721. The molecule has 0 heterocycles. The molecule has 0 aromatic heterocycles. The molecule has 6 fully saturated rings. The van der Waals surface area contributed by atoms with Gasteiger partial charge in [0, 0.05) is 0 Å². The van der Waals surface area contributed by atoms with Crippen LogP contribution in [0.25, 0.3) is 0 Å². The summed E-state index contributed by atoms with van der Waals surface area (Å²) in [5.41, 5.74) is 1.44. The van der Waals surface area contributed by atoms with E-state index in [-0.39, 0.29) is 0 Å². The summed E-state index contributed by atoms with van der Waals surface area (Å²) < 4.78 is 0. The van der Waals surface area contributed by atoms with Crippen molar-refractivity contribution in [1.82, 2.24) is 0 Å². The molecule has 152 valence electrons. The van der Waals surface area contributed by atoms with Crippen LogP contribution in [0.5, 0.6) is 0 Å². The largest absolute Gasteiger partial charge is 0.0648 e. The highest BCUT2D eigenvalue weighted by atomic mass is 14.7. The van der Waals surface area contributed by atoms with Crippen molar-refractivity contribution < 1.29 is 0 Å². The monoisotopic (exact) mass is 368 g/mol. The van der Waals surface area contributed by atoms with Gasteiger partial charge in [0.25, 0.3) is 0 Å². The van der Waals surface area contributed by atoms with Gasteiger partial charge in [0.15, 0.2) is 0 Å². The van der Waals surface area contributed by atoms with E-state index in [2.05, 4.69) is 20.8 Å².